The second kappa shape index (κ2) is 7.65. The Labute approximate surface area is 122 Å². The first-order chi connectivity index (χ1) is 9.76. The van der Waals surface area contributed by atoms with E-state index < -0.39 is 0 Å². The predicted octanol–water partition coefficient (Wildman–Crippen LogP) is 3.48. The lowest BCUT2D eigenvalue weighted by Crippen LogP contribution is -2.26. The molecule has 0 bridgehead atoms. The van der Waals surface area contributed by atoms with Gasteiger partial charge in [-0.3, -0.25) is 0 Å². The fourth-order valence-corrected chi connectivity index (χ4v) is 2.76. The molecule has 0 fully saturated rings. The lowest BCUT2D eigenvalue weighted by molar-refractivity contribution is 0.0711. The average Bonchev–Trinajstić information content (AvgIpc) is 2.50. The predicted molar refractivity (Wildman–Crippen MR) is 82.4 cm³/mol. The van der Waals surface area contributed by atoms with E-state index in [4.69, 9.17) is 9.47 Å². The van der Waals surface area contributed by atoms with Crippen LogP contribution in [0.3, 0.4) is 0 Å². The minimum atomic E-state index is 0.128. The van der Waals surface area contributed by atoms with E-state index >= 15 is 0 Å². The number of nitrogens with one attached hydrogen (secondary N) is 1. The summed E-state index contributed by atoms with van der Waals surface area (Å²) in [5.41, 5.74) is 2.81. The van der Waals surface area contributed by atoms with Crippen molar-refractivity contribution in [2.75, 3.05) is 20.3 Å². The summed E-state index contributed by atoms with van der Waals surface area (Å²) in [6, 6.07) is 6.93. The van der Waals surface area contributed by atoms with Gasteiger partial charge >= 0.3 is 0 Å². The van der Waals surface area contributed by atoms with E-state index in [0.29, 0.717) is 12.6 Å². The number of hydrogen-bond acceptors (Lipinski definition) is 3. The summed E-state index contributed by atoms with van der Waals surface area (Å²) in [7, 11) is 1.72. The molecule has 2 unspecified atom stereocenters. The fraction of sp³-hybridized carbons (Fsp3) is 0.647. The van der Waals surface area contributed by atoms with Gasteiger partial charge in [-0.25, -0.2) is 0 Å². The monoisotopic (exact) mass is 277 g/mol. The molecule has 20 heavy (non-hydrogen) atoms. The van der Waals surface area contributed by atoms with Crippen LogP contribution in [0.5, 0.6) is 5.75 Å². The van der Waals surface area contributed by atoms with E-state index in [-0.39, 0.29) is 6.10 Å². The largest absolute Gasteiger partial charge is 0.491 e. The van der Waals surface area contributed by atoms with Gasteiger partial charge in [0.25, 0.3) is 0 Å². The van der Waals surface area contributed by atoms with E-state index in [1.54, 1.807) is 7.11 Å². The zero-order chi connectivity index (χ0) is 14.4. The lowest BCUT2D eigenvalue weighted by Gasteiger charge is -2.28. The minimum absolute atomic E-state index is 0.128. The summed E-state index contributed by atoms with van der Waals surface area (Å²) in [4.78, 5) is 0. The molecular weight excluding hydrogens is 250 g/mol. The van der Waals surface area contributed by atoms with E-state index in [0.717, 1.165) is 18.7 Å². The van der Waals surface area contributed by atoms with Gasteiger partial charge in [-0.05, 0) is 56.3 Å². The second-order valence-corrected chi connectivity index (χ2v) is 5.58. The Balaban J connectivity index is 2.11. The molecule has 0 saturated carbocycles. The Kier molecular flexibility index (Phi) is 5.86. The van der Waals surface area contributed by atoms with Gasteiger partial charge in [0.05, 0.1) is 6.10 Å². The maximum Gasteiger partial charge on any atom is 0.122 e. The van der Waals surface area contributed by atoms with Gasteiger partial charge < -0.3 is 14.8 Å². The molecule has 2 rings (SSSR count). The van der Waals surface area contributed by atoms with Crippen molar-refractivity contribution in [3.8, 4) is 5.75 Å². The van der Waals surface area contributed by atoms with Gasteiger partial charge in [0.2, 0.25) is 0 Å². The van der Waals surface area contributed by atoms with Crippen LogP contribution in [0.2, 0.25) is 0 Å². The van der Waals surface area contributed by atoms with Gasteiger partial charge in [0.1, 0.15) is 12.4 Å². The molecular formula is C17H27NO2. The molecule has 3 heteroatoms. The van der Waals surface area contributed by atoms with Crippen LogP contribution in [0, 0.1) is 0 Å². The first kappa shape index (κ1) is 15.3. The van der Waals surface area contributed by atoms with E-state index in [9.17, 15) is 0 Å². The highest BCUT2D eigenvalue weighted by Crippen LogP contribution is 2.35. The molecule has 0 aromatic heterocycles. The number of benzene rings is 1. The molecule has 0 amide bonds. The lowest BCUT2D eigenvalue weighted by atomic mass is 9.87. The first-order valence-electron chi connectivity index (χ1n) is 7.77. The van der Waals surface area contributed by atoms with Crippen molar-refractivity contribution in [3.05, 3.63) is 29.3 Å². The highest BCUT2D eigenvalue weighted by Gasteiger charge is 2.22. The Morgan fingerprint density at radius 3 is 3.00 bits per heavy atom. The third kappa shape index (κ3) is 3.74. The van der Waals surface area contributed by atoms with Crippen molar-refractivity contribution >= 4 is 0 Å². The Morgan fingerprint density at radius 2 is 2.25 bits per heavy atom. The van der Waals surface area contributed by atoms with Gasteiger partial charge in [-0.15, -0.1) is 0 Å². The van der Waals surface area contributed by atoms with E-state index in [2.05, 4.69) is 30.4 Å². The number of hydrogen-bond donors (Lipinski definition) is 1. The highest BCUT2D eigenvalue weighted by molar-refractivity contribution is 5.43. The third-order valence-corrected chi connectivity index (χ3v) is 3.98. The summed E-state index contributed by atoms with van der Waals surface area (Å²) in [6.45, 7) is 5.93. The Morgan fingerprint density at radius 1 is 1.40 bits per heavy atom. The number of ether oxygens (including phenoxy) is 2. The second-order valence-electron chi connectivity index (χ2n) is 5.58. The number of methoxy groups -OCH3 is 1. The minimum Gasteiger partial charge on any atom is -0.491 e. The molecule has 1 aliphatic rings. The van der Waals surface area contributed by atoms with E-state index in [1.165, 1.54) is 30.4 Å². The molecule has 1 aromatic rings. The maximum absolute atomic E-state index is 5.96. The smallest absolute Gasteiger partial charge is 0.122 e. The van der Waals surface area contributed by atoms with Gasteiger partial charge in [0, 0.05) is 13.2 Å². The van der Waals surface area contributed by atoms with Crippen LogP contribution in [-0.2, 0) is 11.2 Å². The fourth-order valence-electron chi connectivity index (χ4n) is 2.76. The molecule has 112 valence electrons. The summed E-state index contributed by atoms with van der Waals surface area (Å²) in [5, 5.41) is 3.65. The molecule has 2 atom stereocenters. The molecule has 1 N–H and O–H groups in total. The molecule has 1 aliphatic carbocycles. The SMILES string of the molecule is CCCNC1CCCc2c(OCC(C)OC)cccc21. The van der Waals surface area contributed by atoms with Crippen molar-refractivity contribution in [1.29, 1.82) is 0 Å². The van der Waals surface area contributed by atoms with Crippen molar-refractivity contribution in [1.82, 2.24) is 5.32 Å². The van der Waals surface area contributed by atoms with Crippen molar-refractivity contribution in [2.45, 2.75) is 51.7 Å². The summed E-state index contributed by atoms with van der Waals surface area (Å²) in [6.07, 6.45) is 4.88. The maximum atomic E-state index is 5.96. The summed E-state index contributed by atoms with van der Waals surface area (Å²) >= 11 is 0. The molecule has 0 aliphatic heterocycles. The van der Waals surface area contributed by atoms with Crippen LogP contribution in [0.15, 0.2) is 18.2 Å². The third-order valence-electron chi connectivity index (χ3n) is 3.98. The zero-order valence-corrected chi connectivity index (χ0v) is 12.9. The Hall–Kier alpha value is -1.06. The van der Waals surface area contributed by atoms with Crippen molar-refractivity contribution in [2.24, 2.45) is 0 Å². The summed E-state index contributed by atoms with van der Waals surface area (Å²) in [5.74, 6) is 1.04. The molecule has 0 radical (unpaired) electrons. The highest BCUT2D eigenvalue weighted by atomic mass is 16.5. The van der Waals surface area contributed by atoms with Gasteiger partial charge in [-0.2, -0.15) is 0 Å². The van der Waals surface area contributed by atoms with Gasteiger partial charge in [-0.1, -0.05) is 19.1 Å². The normalized spacial score (nSPS) is 19.4. The average molecular weight is 277 g/mol. The van der Waals surface area contributed by atoms with Gasteiger partial charge in [0.15, 0.2) is 0 Å². The molecule has 1 aromatic carbocycles. The first-order valence-corrected chi connectivity index (χ1v) is 7.77. The van der Waals surface area contributed by atoms with Crippen molar-refractivity contribution < 1.29 is 9.47 Å². The number of rotatable bonds is 7. The molecule has 3 nitrogen and oxygen atoms in total. The summed E-state index contributed by atoms with van der Waals surface area (Å²) < 4.78 is 11.2. The molecule has 0 saturated heterocycles. The van der Waals surface area contributed by atoms with Crippen LogP contribution in [0.25, 0.3) is 0 Å². The molecule has 0 spiro atoms. The van der Waals surface area contributed by atoms with Crippen LogP contribution >= 0.6 is 0 Å². The Bertz CT molecular complexity index is 419. The number of fused-ring (bicyclic) bond motifs is 1. The van der Waals surface area contributed by atoms with E-state index in [1.807, 2.05) is 6.92 Å². The van der Waals surface area contributed by atoms with Crippen LogP contribution in [0.1, 0.15) is 50.3 Å². The zero-order valence-electron chi connectivity index (χ0n) is 12.9. The van der Waals surface area contributed by atoms with Crippen LogP contribution in [0.4, 0.5) is 0 Å². The molecule has 0 heterocycles. The van der Waals surface area contributed by atoms with Crippen LogP contribution < -0.4 is 10.1 Å². The van der Waals surface area contributed by atoms with Crippen molar-refractivity contribution in [3.63, 3.8) is 0 Å². The quantitative estimate of drug-likeness (QED) is 0.827. The van der Waals surface area contributed by atoms with Crippen LogP contribution in [-0.4, -0.2) is 26.4 Å². The standard InChI is InChI=1S/C17H27NO2/c1-4-11-18-16-9-5-8-15-14(16)7-6-10-17(15)20-12-13(2)19-3/h6-7,10,13,16,18H,4-5,8-9,11-12H2,1-3H3. The topological polar surface area (TPSA) is 30.5 Å².